The molecule has 1 aliphatic carbocycles. The van der Waals surface area contributed by atoms with Crippen LogP contribution in [0.3, 0.4) is 0 Å². The Hall–Kier alpha value is -3.66. The predicted molar refractivity (Wildman–Crippen MR) is 130 cm³/mol. The molecule has 1 aliphatic heterocycles. The van der Waals surface area contributed by atoms with Gasteiger partial charge in [0.2, 0.25) is 17.7 Å². The number of ether oxygens (including phenoxy) is 1. The molecule has 0 saturated carbocycles. The quantitative estimate of drug-likeness (QED) is 0.427. The minimum absolute atomic E-state index is 0.00248. The van der Waals surface area contributed by atoms with E-state index >= 15 is 0 Å². The Morgan fingerprint density at radius 2 is 1.71 bits per heavy atom. The number of fused-ring (bicyclic) bond motifs is 1. The first-order chi connectivity index (χ1) is 16.7. The fraction of sp³-hybridized carbons (Fsp3) is 0.320. The largest absolute Gasteiger partial charge is 0.495 e. The molecule has 35 heavy (non-hydrogen) atoms. The second-order valence-electron chi connectivity index (χ2n) is 8.57. The number of aryl methyl sites for hydroxylation is 1. The van der Waals surface area contributed by atoms with Gasteiger partial charge in [-0.05, 0) is 49.6 Å². The van der Waals surface area contributed by atoms with Gasteiger partial charge in [-0.2, -0.15) is 0 Å². The lowest BCUT2D eigenvalue weighted by atomic mass is 9.85. The predicted octanol–water partition coefficient (Wildman–Crippen LogP) is 3.08. The minimum atomic E-state index is -3.97. The van der Waals surface area contributed by atoms with Gasteiger partial charge in [-0.3, -0.25) is 24.0 Å². The Morgan fingerprint density at radius 1 is 1.06 bits per heavy atom. The smallest absolute Gasteiger partial charge is 0.262 e. The maximum absolute atomic E-state index is 13.1. The van der Waals surface area contributed by atoms with Gasteiger partial charge in [0.15, 0.2) is 0 Å². The Morgan fingerprint density at radius 3 is 2.37 bits per heavy atom. The third kappa shape index (κ3) is 5.07. The maximum Gasteiger partial charge on any atom is 0.262 e. The summed E-state index contributed by atoms with van der Waals surface area (Å²) in [6, 6.07) is 11.2. The first-order valence-electron chi connectivity index (χ1n) is 11.3. The number of sulfonamides is 1. The summed E-state index contributed by atoms with van der Waals surface area (Å²) in [6.07, 6.45) is 4.82. The molecule has 0 bridgehead atoms. The van der Waals surface area contributed by atoms with Gasteiger partial charge in [-0.25, -0.2) is 8.42 Å². The molecule has 2 aromatic rings. The lowest BCUT2D eigenvalue weighted by Gasteiger charge is -2.16. The molecule has 0 radical (unpaired) electrons. The molecule has 2 N–H and O–H groups in total. The van der Waals surface area contributed by atoms with Crippen molar-refractivity contribution in [3.05, 3.63) is 60.2 Å². The number of hydrogen-bond donors (Lipinski definition) is 2. The van der Waals surface area contributed by atoms with Crippen molar-refractivity contribution in [3.63, 3.8) is 0 Å². The summed E-state index contributed by atoms with van der Waals surface area (Å²) >= 11 is 0. The summed E-state index contributed by atoms with van der Waals surface area (Å²) < 4.78 is 33.8. The van der Waals surface area contributed by atoms with E-state index in [9.17, 15) is 22.8 Å². The Kier molecular flexibility index (Phi) is 6.93. The number of amides is 3. The van der Waals surface area contributed by atoms with Crippen LogP contribution in [0.5, 0.6) is 5.75 Å². The van der Waals surface area contributed by atoms with Crippen molar-refractivity contribution in [2.75, 3.05) is 23.7 Å². The highest BCUT2D eigenvalue weighted by molar-refractivity contribution is 7.92. The molecule has 9 nitrogen and oxygen atoms in total. The Labute approximate surface area is 204 Å². The van der Waals surface area contributed by atoms with E-state index in [0.29, 0.717) is 29.8 Å². The molecule has 4 rings (SSSR count). The van der Waals surface area contributed by atoms with Crippen molar-refractivity contribution < 1.29 is 27.5 Å². The van der Waals surface area contributed by atoms with Gasteiger partial charge < -0.3 is 10.1 Å². The number of methoxy groups -OCH3 is 1. The van der Waals surface area contributed by atoms with Gasteiger partial charge in [0, 0.05) is 18.7 Å². The zero-order valence-electron chi connectivity index (χ0n) is 19.5. The van der Waals surface area contributed by atoms with Crippen LogP contribution in [0.2, 0.25) is 0 Å². The molecular formula is C25H27N3O6S. The SMILES string of the molecule is COc1ccccc1NS(=O)(=O)c1cc(NC(=O)CCN2C(=O)[C@H]3CC=CC[C@H]3C2=O)ccc1C. The minimum Gasteiger partial charge on any atom is -0.495 e. The van der Waals surface area contributed by atoms with Crippen LogP contribution in [0.15, 0.2) is 59.5 Å². The van der Waals surface area contributed by atoms with Gasteiger partial charge in [0.25, 0.3) is 10.0 Å². The summed E-state index contributed by atoms with van der Waals surface area (Å²) in [7, 11) is -2.52. The zero-order chi connectivity index (χ0) is 25.2. The van der Waals surface area contributed by atoms with Gasteiger partial charge >= 0.3 is 0 Å². The fourth-order valence-corrected chi connectivity index (χ4v) is 5.76. The van der Waals surface area contributed by atoms with Crippen molar-refractivity contribution in [3.8, 4) is 5.75 Å². The van der Waals surface area contributed by atoms with Crippen LogP contribution in [0.1, 0.15) is 24.8 Å². The van der Waals surface area contributed by atoms with Crippen LogP contribution in [0.4, 0.5) is 11.4 Å². The van der Waals surface area contributed by atoms with Crippen molar-refractivity contribution >= 4 is 39.1 Å². The van der Waals surface area contributed by atoms with E-state index in [2.05, 4.69) is 10.0 Å². The molecule has 2 aliphatic rings. The molecular weight excluding hydrogens is 470 g/mol. The monoisotopic (exact) mass is 497 g/mol. The average Bonchev–Trinajstić information content (AvgIpc) is 3.08. The van der Waals surface area contributed by atoms with E-state index in [1.807, 2.05) is 12.2 Å². The van der Waals surface area contributed by atoms with Crippen LogP contribution in [0, 0.1) is 18.8 Å². The zero-order valence-corrected chi connectivity index (χ0v) is 20.3. The number of nitrogens with one attached hydrogen (secondary N) is 2. The lowest BCUT2D eigenvalue weighted by molar-refractivity contribution is -0.140. The van der Waals surface area contributed by atoms with E-state index in [1.165, 1.54) is 18.1 Å². The van der Waals surface area contributed by atoms with Gasteiger partial charge in [-0.1, -0.05) is 30.4 Å². The number of benzene rings is 2. The second-order valence-corrected chi connectivity index (χ2v) is 10.2. The summed E-state index contributed by atoms with van der Waals surface area (Å²) in [5, 5.41) is 2.67. The number of likely N-dealkylation sites (tertiary alicyclic amines) is 1. The highest BCUT2D eigenvalue weighted by Gasteiger charge is 2.46. The summed E-state index contributed by atoms with van der Waals surface area (Å²) in [5.74, 6) is -1.19. The molecule has 1 fully saturated rings. The van der Waals surface area contributed by atoms with Gasteiger partial charge in [0.1, 0.15) is 5.75 Å². The molecule has 184 valence electrons. The van der Waals surface area contributed by atoms with Crippen molar-refractivity contribution in [2.24, 2.45) is 11.8 Å². The third-order valence-electron chi connectivity index (χ3n) is 6.27. The van der Waals surface area contributed by atoms with Crippen LogP contribution in [-0.2, 0) is 24.4 Å². The van der Waals surface area contributed by atoms with Crippen molar-refractivity contribution in [1.29, 1.82) is 0 Å². The summed E-state index contributed by atoms with van der Waals surface area (Å²) in [5.41, 5.74) is 1.08. The van der Waals surface area contributed by atoms with E-state index < -0.39 is 15.9 Å². The topological polar surface area (TPSA) is 122 Å². The Bertz CT molecular complexity index is 1280. The number of imide groups is 1. The highest BCUT2D eigenvalue weighted by atomic mass is 32.2. The number of carbonyl (C=O) groups is 3. The Balaban J connectivity index is 1.43. The molecule has 0 spiro atoms. The third-order valence-corrected chi connectivity index (χ3v) is 7.78. The number of anilines is 2. The molecule has 3 amide bonds. The van der Waals surface area contributed by atoms with Crippen LogP contribution >= 0.6 is 0 Å². The van der Waals surface area contributed by atoms with E-state index in [-0.39, 0.29) is 47.2 Å². The molecule has 1 saturated heterocycles. The number of carbonyl (C=O) groups excluding carboxylic acids is 3. The molecule has 2 aromatic carbocycles. The average molecular weight is 498 g/mol. The lowest BCUT2D eigenvalue weighted by Crippen LogP contribution is -2.34. The summed E-state index contributed by atoms with van der Waals surface area (Å²) in [6.45, 7) is 1.64. The molecule has 1 heterocycles. The van der Waals surface area contributed by atoms with E-state index in [4.69, 9.17) is 4.74 Å². The number of allylic oxidation sites excluding steroid dienone is 2. The standard InChI is InChI=1S/C25H27N3O6S/c1-16-11-12-17(15-22(16)35(32,33)27-20-9-5-6-10-21(20)34-2)26-23(29)13-14-28-24(30)18-7-3-4-8-19(18)25(28)31/h3-6,9-12,15,18-19,27H,7-8,13-14H2,1-2H3,(H,26,29)/t18-,19+. The fourth-order valence-electron chi connectivity index (χ4n) is 4.42. The highest BCUT2D eigenvalue weighted by Crippen LogP contribution is 2.35. The molecule has 10 heteroatoms. The maximum atomic E-state index is 13.1. The number of rotatable bonds is 8. The van der Waals surface area contributed by atoms with Gasteiger partial charge in [0.05, 0.1) is 29.5 Å². The second kappa shape index (κ2) is 9.91. The van der Waals surface area contributed by atoms with E-state index in [0.717, 1.165) is 0 Å². The number of hydrogen-bond acceptors (Lipinski definition) is 6. The first kappa shape index (κ1) is 24.5. The van der Waals surface area contributed by atoms with Crippen LogP contribution in [-0.4, -0.2) is 44.7 Å². The van der Waals surface area contributed by atoms with Crippen LogP contribution in [0.25, 0.3) is 0 Å². The number of nitrogens with zero attached hydrogens (tertiary/aromatic N) is 1. The molecule has 0 unspecified atom stereocenters. The normalized spacial score (nSPS) is 19.4. The molecule has 0 aromatic heterocycles. The van der Waals surface area contributed by atoms with Crippen molar-refractivity contribution in [1.82, 2.24) is 4.90 Å². The van der Waals surface area contributed by atoms with E-state index in [1.54, 1.807) is 43.3 Å². The van der Waals surface area contributed by atoms with Gasteiger partial charge in [-0.15, -0.1) is 0 Å². The van der Waals surface area contributed by atoms with Crippen LogP contribution < -0.4 is 14.8 Å². The number of para-hydroxylation sites is 2. The first-order valence-corrected chi connectivity index (χ1v) is 12.8. The van der Waals surface area contributed by atoms with Crippen molar-refractivity contribution in [2.45, 2.75) is 31.1 Å². The molecule has 2 atom stereocenters. The summed E-state index contributed by atoms with van der Waals surface area (Å²) in [4.78, 5) is 38.9.